The van der Waals surface area contributed by atoms with E-state index in [1.54, 1.807) is 6.20 Å². The monoisotopic (exact) mass is 330 g/mol. The van der Waals surface area contributed by atoms with Crippen molar-refractivity contribution in [3.8, 4) is 6.07 Å². The molecule has 2 aromatic carbocycles. The third kappa shape index (κ3) is 3.15. The standard InChI is InChI=1S/C20H18N4O/c1-13-9-19-17(10-18(13)23-14(2)25)20(15(11-21)12-22-19)24(3)16-7-5-4-6-8-16/h4-10,12H,1-3H3,(H,23,25). The first-order chi connectivity index (χ1) is 12.0. The highest BCUT2D eigenvalue weighted by Crippen LogP contribution is 2.35. The maximum atomic E-state index is 11.5. The zero-order valence-electron chi connectivity index (χ0n) is 14.4. The predicted molar refractivity (Wildman–Crippen MR) is 100 cm³/mol. The molecule has 1 aromatic heterocycles. The van der Waals surface area contributed by atoms with E-state index in [1.165, 1.54) is 6.92 Å². The van der Waals surface area contributed by atoms with Crippen molar-refractivity contribution in [2.24, 2.45) is 0 Å². The van der Waals surface area contributed by atoms with E-state index in [1.807, 2.05) is 61.3 Å². The molecule has 0 aliphatic carbocycles. The van der Waals surface area contributed by atoms with Crippen LogP contribution in [-0.4, -0.2) is 17.9 Å². The number of amides is 1. The lowest BCUT2D eigenvalue weighted by atomic mass is 10.0. The average Bonchev–Trinajstić information content (AvgIpc) is 2.61. The number of aromatic nitrogens is 1. The van der Waals surface area contributed by atoms with E-state index < -0.39 is 0 Å². The van der Waals surface area contributed by atoms with Crippen LogP contribution in [0.15, 0.2) is 48.7 Å². The molecule has 5 nitrogen and oxygen atoms in total. The number of aryl methyl sites for hydroxylation is 1. The first kappa shape index (κ1) is 16.5. The number of para-hydroxylation sites is 1. The van der Waals surface area contributed by atoms with Crippen molar-refractivity contribution in [1.29, 1.82) is 5.26 Å². The molecule has 5 heteroatoms. The second-order valence-electron chi connectivity index (χ2n) is 5.89. The lowest BCUT2D eigenvalue weighted by molar-refractivity contribution is -0.114. The van der Waals surface area contributed by atoms with Gasteiger partial charge in [0.15, 0.2) is 0 Å². The summed E-state index contributed by atoms with van der Waals surface area (Å²) in [5.41, 5.74) is 4.64. The van der Waals surface area contributed by atoms with Crippen molar-refractivity contribution in [1.82, 2.24) is 4.98 Å². The van der Waals surface area contributed by atoms with Gasteiger partial charge in [-0.3, -0.25) is 9.78 Å². The van der Waals surface area contributed by atoms with Crippen LogP contribution in [0.5, 0.6) is 0 Å². The molecule has 0 spiro atoms. The maximum absolute atomic E-state index is 11.5. The number of rotatable bonds is 3. The molecular formula is C20H18N4O. The summed E-state index contributed by atoms with van der Waals surface area (Å²) in [5.74, 6) is -0.134. The van der Waals surface area contributed by atoms with Gasteiger partial charge < -0.3 is 10.2 Å². The average molecular weight is 330 g/mol. The molecule has 25 heavy (non-hydrogen) atoms. The Hall–Kier alpha value is -3.39. The van der Waals surface area contributed by atoms with Gasteiger partial charge in [0.1, 0.15) is 6.07 Å². The highest BCUT2D eigenvalue weighted by atomic mass is 16.1. The van der Waals surface area contributed by atoms with Gasteiger partial charge in [0.2, 0.25) is 5.91 Å². The Morgan fingerprint density at radius 3 is 2.60 bits per heavy atom. The molecule has 1 N–H and O–H groups in total. The molecule has 124 valence electrons. The maximum Gasteiger partial charge on any atom is 0.221 e. The van der Waals surface area contributed by atoms with Crippen LogP contribution in [0.4, 0.5) is 17.1 Å². The molecule has 0 fully saturated rings. The lowest BCUT2D eigenvalue weighted by Crippen LogP contribution is -2.13. The quantitative estimate of drug-likeness (QED) is 0.783. The number of benzene rings is 2. The van der Waals surface area contributed by atoms with Crippen LogP contribution in [0.3, 0.4) is 0 Å². The van der Waals surface area contributed by atoms with Crippen LogP contribution in [-0.2, 0) is 4.79 Å². The molecule has 1 heterocycles. The number of nitriles is 1. The summed E-state index contributed by atoms with van der Waals surface area (Å²) in [5, 5.41) is 13.2. The molecule has 0 unspecified atom stereocenters. The van der Waals surface area contributed by atoms with Crippen LogP contribution in [0, 0.1) is 18.3 Å². The zero-order chi connectivity index (χ0) is 18.0. The van der Waals surface area contributed by atoms with E-state index in [9.17, 15) is 10.1 Å². The number of hydrogen-bond donors (Lipinski definition) is 1. The molecule has 0 radical (unpaired) electrons. The summed E-state index contributed by atoms with van der Waals surface area (Å²) in [7, 11) is 1.92. The third-order valence-electron chi connectivity index (χ3n) is 4.10. The van der Waals surface area contributed by atoms with Gasteiger partial charge in [-0.25, -0.2) is 0 Å². The Labute approximate surface area is 146 Å². The van der Waals surface area contributed by atoms with Crippen LogP contribution < -0.4 is 10.2 Å². The topological polar surface area (TPSA) is 69.0 Å². The third-order valence-corrected chi connectivity index (χ3v) is 4.10. The minimum atomic E-state index is -0.134. The Bertz CT molecular complexity index is 990. The summed E-state index contributed by atoms with van der Waals surface area (Å²) < 4.78 is 0. The normalized spacial score (nSPS) is 10.3. The van der Waals surface area contributed by atoms with Crippen molar-refractivity contribution in [2.45, 2.75) is 13.8 Å². The summed E-state index contributed by atoms with van der Waals surface area (Å²) >= 11 is 0. The van der Waals surface area contributed by atoms with Gasteiger partial charge in [-0.2, -0.15) is 5.26 Å². The lowest BCUT2D eigenvalue weighted by Gasteiger charge is -2.23. The highest BCUT2D eigenvalue weighted by molar-refractivity contribution is 6.01. The fraction of sp³-hybridized carbons (Fsp3) is 0.150. The van der Waals surface area contributed by atoms with Crippen molar-refractivity contribution in [3.05, 3.63) is 59.8 Å². The Balaban J connectivity index is 2.27. The van der Waals surface area contributed by atoms with Gasteiger partial charge in [0.05, 0.1) is 16.8 Å². The molecule has 0 bridgehead atoms. The Morgan fingerprint density at radius 1 is 1.24 bits per heavy atom. The van der Waals surface area contributed by atoms with Crippen LogP contribution in [0.1, 0.15) is 18.1 Å². The second-order valence-corrected chi connectivity index (χ2v) is 5.89. The summed E-state index contributed by atoms with van der Waals surface area (Å²) in [6, 6.07) is 15.8. The number of hydrogen-bond acceptors (Lipinski definition) is 4. The Morgan fingerprint density at radius 2 is 1.96 bits per heavy atom. The molecule has 3 rings (SSSR count). The van der Waals surface area contributed by atoms with Crippen LogP contribution in [0.25, 0.3) is 10.9 Å². The second kappa shape index (κ2) is 6.62. The molecule has 0 aliphatic rings. The van der Waals surface area contributed by atoms with Gasteiger partial charge >= 0.3 is 0 Å². The van der Waals surface area contributed by atoms with Gasteiger partial charge in [-0.05, 0) is 36.8 Å². The molecule has 0 aliphatic heterocycles. The van der Waals surface area contributed by atoms with Crippen LogP contribution >= 0.6 is 0 Å². The fourth-order valence-corrected chi connectivity index (χ4v) is 2.88. The number of anilines is 3. The Kier molecular flexibility index (Phi) is 4.36. The van der Waals surface area contributed by atoms with Crippen molar-refractivity contribution < 1.29 is 4.79 Å². The molecular weight excluding hydrogens is 312 g/mol. The van der Waals surface area contributed by atoms with E-state index in [4.69, 9.17) is 0 Å². The number of nitrogens with zero attached hydrogens (tertiary/aromatic N) is 3. The number of pyridine rings is 1. The van der Waals surface area contributed by atoms with Gasteiger partial charge in [0.25, 0.3) is 0 Å². The van der Waals surface area contributed by atoms with E-state index in [0.717, 1.165) is 33.5 Å². The first-order valence-electron chi connectivity index (χ1n) is 7.91. The first-order valence-corrected chi connectivity index (χ1v) is 7.91. The molecule has 3 aromatic rings. The molecule has 1 amide bonds. The summed E-state index contributed by atoms with van der Waals surface area (Å²) in [4.78, 5) is 17.9. The largest absolute Gasteiger partial charge is 0.343 e. The van der Waals surface area contributed by atoms with Gasteiger partial charge in [0, 0.05) is 36.9 Å². The summed E-state index contributed by atoms with van der Waals surface area (Å²) in [6.45, 7) is 3.40. The molecule has 0 saturated carbocycles. The van der Waals surface area contributed by atoms with E-state index in [0.29, 0.717) is 5.56 Å². The molecule has 0 atom stereocenters. The minimum Gasteiger partial charge on any atom is -0.343 e. The van der Waals surface area contributed by atoms with E-state index in [-0.39, 0.29) is 5.91 Å². The number of carbonyl (C=O) groups excluding carboxylic acids is 1. The van der Waals surface area contributed by atoms with Gasteiger partial charge in [-0.15, -0.1) is 0 Å². The van der Waals surface area contributed by atoms with Crippen molar-refractivity contribution in [3.63, 3.8) is 0 Å². The molecule has 0 saturated heterocycles. The predicted octanol–water partition coefficient (Wildman–Crippen LogP) is 4.14. The zero-order valence-corrected chi connectivity index (χ0v) is 14.4. The van der Waals surface area contributed by atoms with E-state index >= 15 is 0 Å². The highest BCUT2D eigenvalue weighted by Gasteiger charge is 2.16. The van der Waals surface area contributed by atoms with Crippen molar-refractivity contribution in [2.75, 3.05) is 17.3 Å². The number of fused-ring (bicyclic) bond motifs is 1. The number of carbonyl (C=O) groups is 1. The minimum absolute atomic E-state index is 0.134. The smallest absolute Gasteiger partial charge is 0.221 e. The van der Waals surface area contributed by atoms with Crippen molar-refractivity contribution >= 4 is 33.9 Å². The van der Waals surface area contributed by atoms with Gasteiger partial charge in [-0.1, -0.05) is 18.2 Å². The summed E-state index contributed by atoms with van der Waals surface area (Å²) in [6.07, 6.45) is 1.59. The fourth-order valence-electron chi connectivity index (χ4n) is 2.88. The number of nitrogens with one attached hydrogen (secondary N) is 1. The van der Waals surface area contributed by atoms with E-state index in [2.05, 4.69) is 16.4 Å². The SMILES string of the molecule is CC(=O)Nc1cc2c(N(C)c3ccccc3)c(C#N)cnc2cc1C. The van der Waals surface area contributed by atoms with Crippen LogP contribution in [0.2, 0.25) is 0 Å².